The van der Waals surface area contributed by atoms with Gasteiger partial charge in [-0.25, -0.2) is 15.0 Å². The van der Waals surface area contributed by atoms with E-state index in [1.54, 1.807) is 12.6 Å². The molecule has 0 saturated heterocycles. The molecule has 0 saturated carbocycles. The van der Waals surface area contributed by atoms with Gasteiger partial charge in [0.15, 0.2) is 21.5 Å². The maximum absolute atomic E-state index is 5.78. The molecule has 0 fully saturated rings. The molecule has 7 heteroatoms. The van der Waals surface area contributed by atoms with E-state index in [1.807, 2.05) is 33.2 Å². The van der Waals surface area contributed by atoms with Crippen molar-refractivity contribution in [2.24, 2.45) is 0 Å². The molecule has 0 aliphatic carbocycles. The van der Waals surface area contributed by atoms with Crippen molar-refractivity contribution >= 4 is 39.6 Å². The Kier molecular flexibility index (Phi) is 2.20. The van der Waals surface area contributed by atoms with Gasteiger partial charge in [0.25, 0.3) is 0 Å². The summed E-state index contributed by atoms with van der Waals surface area (Å²) in [5.74, 6) is 0.402. The molecule has 0 spiro atoms. The van der Waals surface area contributed by atoms with Crippen LogP contribution in [-0.2, 0) is 4.74 Å². The standard InChI is InChI=1S/C9H8IN5O/c10-9-13-7(11)6-8(14-9)15(4-12-6)5-2-1-3-16-5/h1,3-5H,2H2,(H2,11,13,14)/t5-/m1/s1. The number of halogens is 1. The predicted octanol–water partition coefficient (Wildman–Crippen LogP) is 1.45. The summed E-state index contributed by atoms with van der Waals surface area (Å²) < 4.78 is 7.90. The summed E-state index contributed by atoms with van der Waals surface area (Å²) in [6.07, 6.45) is 6.07. The number of nitrogen functional groups attached to an aromatic ring is 1. The molecule has 1 aliphatic rings. The minimum atomic E-state index is -0.0740. The highest BCUT2D eigenvalue weighted by Crippen LogP contribution is 2.26. The van der Waals surface area contributed by atoms with E-state index in [1.165, 1.54) is 0 Å². The van der Waals surface area contributed by atoms with Crippen molar-refractivity contribution in [3.8, 4) is 0 Å². The maximum atomic E-state index is 5.78. The van der Waals surface area contributed by atoms with Crippen LogP contribution in [0.2, 0.25) is 0 Å². The van der Waals surface area contributed by atoms with E-state index in [-0.39, 0.29) is 6.23 Å². The van der Waals surface area contributed by atoms with Gasteiger partial charge in [-0.05, 0) is 6.08 Å². The van der Waals surface area contributed by atoms with Gasteiger partial charge in [0.1, 0.15) is 11.8 Å². The highest BCUT2D eigenvalue weighted by Gasteiger charge is 2.19. The fraction of sp³-hybridized carbons (Fsp3) is 0.222. The summed E-state index contributed by atoms with van der Waals surface area (Å²) >= 11 is 2.03. The maximum Gasteiger partial charge on any atom is 0.194 e. The first-order valence-electron chi connectivity index (χ1n) is 4.72. The second-order valence-corrected chi connectivity index (χ2v) is 4.37. The van der Waals surface area contributed by atoms with E-state index in [2.05, 4.69) is 15.0 Å². The lowest BCUT2D eigenvalue weighted by Crippen LogP contribution is -2.07. The van der Waals surface area contributed by atoms with Crippen molar-refractivity contribution in [1.29, 1.82) is 0 Å². The number of fused-ring (bicyclic) bond motifs is 1. The van der Waals surface area contributed by atoms with Crippen LogP contribution in [0.3, 0.4) is 0 Å². The first kappa shape index (κ1) is 9.82. The van der Waals surface area contributed by atoms with Crippen molar-refractivity contribution < 1.29 is 4.74 Å². The van der Waals surface area contributed by atoms with Crippen LogP contribution in [0, 0.1) is 3.83 Å². The predicted molar refractivity (Wildman–Crippen MR) is 66.3 cm³/mol. The summed E-state index contributed by atoms with van der Waals surface area (Å²) in [4.78, 5) is 12.6. The number of nitrogens with zero attached hydrogens (tertiary/aromatic N) is 4. The van der Waals surface area contributed by atoms with E-state index < -0.39 is 0 Å². The topological polar surface area (TPSA) is 78.9 Å². The molecule has 2 aromatic heterocycles. The van der Waals surface area contributed by atoms with E-state index >= 15 is 0 Å². The zero-order valence-electron chi connectivity index (χ0n) is 8.17. The van der Waals surface area contributed by atoms with Crippen LogP contribution >= 0.6 is 22.6 Å². The molecule has 6 nitrogen and oxygen atoms in total. The summed E-state index contributed by atoms with van der Waals surface area (Å²) in [5, 5.41) is 0. The van der Waals surface area contributed by atoms with Gasteiger partial charge < -0.3 is 10.5 Å². The number of aromatic nitrogens is 4. The van der Waals surface area contributed by atoms with Gasteiger partial charge >= 0.3 is 0 Å². The quantitative estimate of drug-likeness (QED) is 0.633. The monoisotopic (exact) mass is 329 g/mol. The molecule has 1 aliphatic heterocycles. The highest BCUT2D eigenvalue weighted by atomic mass is 127. The van der Waals surface area contributed by atoms with Crippen molar-refractivity contribution in [3.63, 3.8) is 0 Å². The second-order valence-electron chi connectivity index (χ2n) is 3.40. The SMILES string of the molecule is Nc1nc(I)nc2c1ncn2[C@H]1CC=CO1. The molecule has 82 valence electrons. The third-order valence-corrected chi connectivity index (χ3v) is 2.88. The van der Waals surface area contributed by atoms with Crippen LogP contribution in [0.1, 0.15) is 12.6 Å². The second kappa shape index (κ2) is 3.58. The Labute approximate surface area is 105 Å². The minimum Gasteiger partial charge on any atom is -0.478 e. The lowest BCUT2D eigenvalue weighted by atomic mass is 10.4. The summed E-state index contributed by atoms with van der Waals surface area (Å²) in [7, 11) is 0. The molecule has 0 unspecified atom stereocenters. The van der Waals surface area contributed by atoms with Crippen LogP contribution in [0.25, 0.3) is 11.2 Å². The van der Waals surface area contributed by atoms with Crippen molar-refractivity contribution in [3.05, 3.63) is 22.5 Å². The summed E-state index contributed by atoms with van der Waals surface area (Å²) in [6, 6.07) is 0. The Morgan fingerprint density at radius 3 is 3.12 bits per heavy atom. The molecule has 2 aromatic rings. The Bertz CT molecular complexity index is 571. The largest absolute Gasteiger partial charge is 0.478 e. The van der Waals surface area contributed by atoms with E-state index in [0.717, 1.165) is 6.42 Å². The molecular formula is C9H8IN5O. The highest BCUT2D eigenvalue weighted by molar-refractivity contribution is 14.1. The molecule has 1 atom stereocenters. The van der Waals surface area contributed by atoms with Gasteiger partial charge in [-0.3, -0.25) is 4.57 Å². The van der Waals surface area contributed by atoms with Crippen molar-refractivity contribution in [2.75, 3.05) is 5.73 Å². The Balaban J connectivity index is 2.18. The third kappa shape index (κ3) is 1.42. The zero-order chi connectivity index (χ0) is 11.1. The fourth-order valence-corrected chi connectivity index (χ4v) is 2.16. The van der Waals surface area contributed by atoms with Crippen molar-refractivity contribution in [1.82, 2.24) is 19.5 Å². The fourth-order valence-electron chi connectivity index (χ4n) is 1.67. The number of nitrogens with two attached hydrogens (primary N) is 1. The van der Waals surface area contributed by atoms with Gasteiger partial charge in [0, 0.05) is 29.0 Å². The number of hydrogen-bond donors (Lipinski definition) is 1. The number of ether oxygens (including phenoxy) is 1. The minimum absolute atomic E-state index is 0.0740. The molecule has 0 amide bonds. The molecule has 0 bridgehead atoms. The first-order chi connectivity index (χ1) is 7.75. The number of imidazole rings is 1. The molecule has 3 rings (SSSR count). The van der Waals surface area contributed by atoms with E-state index in [0.29, 0.717) is 20.8 Å². The van der Waals surface area contributed by atoms with Crippen LogP contribution in [0.5, 0.6) is 0 Å². The Morgan fingerprint density at radius 1 is 1.50 bits per heavy atom. The van der Waals surface area contributed by atoms with Crippen molar-refractivity contribution in [2.45, 2.75) is 12.6 Å². The Morgan fingerprint density at radius 2 is 2.38 bits per heavy atom. The van der Waals surface area contributed by atoms with Gasteiger partial charge in [0.2, 0.25) is 0 Å². The van der Waals surface area contributed by atoms with Gasteiger partial charge in [0.05, 0.1) is 6.26 Å². The zero-order valence-corrected chi connectivity index (χ0v) is 10.3. The normalized spacial score (nSPS) is 19.2. The molecule has 0 radical (unpaired) electrons. The molecule has 3 heterocycles. The van der Waals surface area contributed by atoms with Crippen LogP contribution in [-0.4, -0.2) is 19.5 Å². The smallest absolute Gasteiger partial charge is 0.194 e. The third-order valence-electron chi connectivity index (χ3n) is 2.40. The lowest BCUT2D eigenvalue weighted by Gasteiger charge is -2.11. The lowest BCUT2D eigenvalue weighted by molar-refractivity contribution is 0.108. The van der Waals surface area contributed by atoms with Gasteiger partial charge in [-0.1, -0.05) is 0 Å². The average Bonchev–Trinajstić information content (AvgIpc) is 2.83. The number of anilines is 1. The molecule has 16 heavy (non-hydrogen) atoms. The van der Waals surface area contributed by atoms with Crippen LogP contribution in [0.4, 0.5) is 5.82 Å². The summed E-state index contributed by atoms with van der Waals surface area (Å²) in [5.41, 5.74) is 7.12. The Hall–Kier alpha value is -1.38. The molecule has 2 N–H and O–H groups in total. The van der Waals surface area contributed by atoms with Gasteiger partial charge in [-0.15, -0.1) is 0 Å². The van der Waals surface area contributed by atoms with Crippen LogP contribution < -0.4 is 5.73 Å². The van der Waals surface area contributed by atoms with Crippen LogP contribution in [0.15, 0.2) is 18.7 Å². The number of rotatable bonds is 1. The van der Waals surface area contributed by atoms with E-state index in [9.17, 15) is 0 Å². The average molecular weight is 329 g/mol. The van der Waals surface area contributed by atoms with Gasteiger partial charge in [-0.2, -0.15) is 0 Å². The molecule has 0 aromatic carbocycles. The first-order valence-corrected chi connectivity index (χ1v) is 5.79. The number of hydrogen-bond acceptors (Lipinski definition) is 5. The molecular weight excluding hydrogens is 321 g/mol. The summed E-state index contributed by atoms with van der Waals surface area (Å²) in [6.45, 7) is 0. The van der Waals surface area contributed by atoms with E-state index in [4.69, 9.17) is 10.5 Å².